The number of rotatable bonds is 1. The van der Waals surface area contributed by atoms with Gasteiger partial charge in [0, 0.05) is 0 Å². The summed E-state index contributed by atoms with van der Waals surface area (Å²) in [6.07, 6.45) is 1.66. The van der Waals surface area contributed by atoms with Crippen LogP contribution in [0.15, 0.2) is 71.3 Å². The van der Waals surface area contributed by atoms with E-state index in [1.807, 2.05) is 72.8 Å². The molecule has 0 aliphatic rings. The summed E-state index contributed by atoms with van der Waals surface area (Å²) in [6.45, 7) is 12.5. The standard InChI is InChI=1S/2C10H14O.C5H4O.2ClH.Ti/c2*1-10(2,3)8-6-4-5-7-9(8)11;1-5-3-2-4-6-5;;;/h2*4-7,11H,1-3H3;1-4H;2*1H;/p-2. The molecule has 2 N–H and O–H groups in total. The zero-order chi connectivity index (χ0) is 22.1. The molecular formula is C25H32Cl2O3Ti-2. The predicted octanol–water partition coefficient (Wildman–Crippen LogP) is 0.364. The van der Waals surface area contributed by atoms with Gasteiger partial charge in [-0.25, -0.2) is 0 Å². The molecular weight excluding hydrogens is 467 g/mol. The number of hydrogen-bond acceptors (Lipinski definition) is 3. The van der Waals surface area contributed by atoms with Gasteiger partial charge in [0.05, 0.1) is 0 Å². The summed E-state index contributed by atoms with van der Waals surface area (Å²) in [5, 5.41) is 18.9. The van der Waals surface area contributed by atoms with Crippen LogP contribution in [-0.4, -0.2) is 14.5 Å². The van der Waals surface area contributed by atoms with Crippen LogP contribution in [0, 0.1) is 0 Å². The van der Waals surface area contributed by atoms with Crippen molar-refractivity contribution in [1.29, 1.82) is 0 Å². The second-order valence-corrected chi connectivity index (χ2v) is 9.14. The van der Waals surface area contributed by atoms with Crippen LogP contribution in [0.3, 0.4) is 0 Å². The number of hydrogen-bond donors (Lipinski definition) is 2. The van der Waals surface area contributed by atoms with Crippen LogP contribution < -0.4 is 24.8 Å². The summed E-state index contributed by atoms with van der Waals surface area (Å²) >= 11 is 1.94. The van der Waals surface area contributed by atoms with E-state index in [9.17, 15) is 10.2 Å². The average Bonchev–Trinajstić information content (AvgIpc) is 3.15. The fourth-order valence-corrected chi connectivity index (χ4v) is 2.85. The third kappa shape index (κ3) is 11.6. The number of halogens is 2. The van der Waals surface area contributed by atoms with Crippen LogP contribution in [0.2, 0.25) is 0 Å². The summed E-state index contributed by atoms with van der Waals surface area (Å²) in [5.41, 5.74) is 2.07. The van der Waals surface area contributed by atoms with Gasteiger partial charge in [0.15, 0.2) is 0 Å². The number of benzene rings is 2. The van der Waals surface area contributed by atoms with E-state index < -0.39 is 0 Å². The molecule has 3 nitrogen and oxygen atoms in total. The first-order valence-electron chi connectivity index (χ1n) is 9.57. The van der Waals surface area contributed by atoms with Crippen molar-refractivity contribution in [3.05, 3.63) is 83.8 Å². The molecule has 2 aromatic carbocycles. The Hall–Kier alpha value is -1.52. The van der Waals surface area contributed by atoms with Crippen molar-refractivity contribution in [3.63, 3.8) is 0 Å². The van der Waals surface area contributed by atoms with Gasteiger partial charge in [0.1, 0.15) is 11.5 Å². The molecule has 0 aliphatic carbocycles. The first kappa shape index (κ1) is 31.7. The minimum atomic E-state index is 0. The third-order valence-corrected chi connectivity index (χ3v) is 4.55. The van der Waals surface area contributed by atoms with Gasteiger partial charge in [-0.15, -0.1) is 0 Å². The van der Waals surface area contributed by atoms with Crippen LogP contribution in [0.4, 0.5) is 0 Å². The van der Waals surface area contributed by atoms with E-state index in [2.05, 4.69) is 41.5 Å². The first-order valence-corrected chi connectivity index (χ1v) is 10.5. The minimum absolute atomic E-state index is 0. The molecule has 0 saturated carbocycles. The number of para-hydroxylation sites is 2. The van der Waals surface area contributed by atoms with E-state index in [1.165, 1.54) is 0 Å². The predicted molar refractivity (Wildman–Crippen MR) is 117 cm³/mol. The number of furan rings is 1. The molecule has 0 unspecified atom stereocenters. The Balaban J connectivity index is 0. The van der Waals surface area contributed by atoms with Gasteiger partial charge in [-0.3, -0.25) is 0 Å². The van der Waals surface area contributed by atoms with Gasteiger partial charge in [0.2, 0.25) is 0 Å². The van der Waals surface area contributed by atoms with Crippen molar-refractivity contribution in [1.82, 2.24) is 0 Å². The SMILES string of the molecule is CC(C)(C)c1ccccc1O.CC(C)(C)c1ccccc1O.[Cl-].[Cl-].[Ti]=[CH]c1ccco1. The number of phenolic OH excluding ortho intramolecular Hbond substituents is 2. The van der Waals surface area contributed by atoms with E-state index in [-0.39, 0.29) is 35.6 Å². The second-order valence-electron chi connectivity index (χ2n) is 8.69. The molecule has 0 atom stereocenters. The quantitative estimate of drug-likeness (QED) is 0.476. The zero-order valence-corrected chi connectivity index (χ0v) is 22.1. The van der Waals surface area contributed by atoms with E-state index in [0.29, 0.717) is 11.5 Å². The monoisotopic (exact) mass is 498 g/mol. The maximum atomic E-state index is 9.45. The summed E-state index contributed by atoms with van der Waals surface area (Å²) in [7, 11) is 0. The molecule has 0 saturated heterocycles. The first-order chi connectivity index (χ1) is 13.5. The Kier molecular flexibility index (Phi) is 14.8. The molecule has 0 aliphatic heterocycles. The number of phenols is 2. The van der Waals surface area contributed by atoms with Gasteiger partial charge in [0.25, 0.3) is 0 Å². The van der Waals surface area contributed by atoms with E-state index in [4.69, 9.17) is 4.42 Å². The van der Waals surface area contributed by atoms with E-state index >= 15 is 0 Å². The molecule has 1 heterocycles. The van der Waals surface area contributed by atoms with E-state index in [1.54, 1.807) is 18.4 Å². The second kappa shape index (κ2) is 14.5. The van der Waals surface area contributed by atoms with Crippen LogP contribution >= 0.6 is 0 Å². The van der Waals surface area contributed by atoms with Crippen molar-refractivity contribution in [3.8, 4) is 11.5 Å². The third-order valence-electron chi connectivity index (χ3n) is 4.11. The summed E-state index contributed by atoms with van der Waals surface area (Å²) in [6, 6.07) is 18.7. The summed E-state index contributed by atoms with van der Waals surface area (Å²) < 4.78 is 6.84. The van der Waals surface area contributed by atoms with Crippen molar-refractivity contribution in [2.24, 2.45) is 0 Å². The number of aromatic hydroxyl groups is 2. The molecule has 0 bridgehead atoms. The topological polar surface area (TPSA) is 53.6 Å². The molecule has 3 rings (SSSR count). The van der Waals surface area contributed by atoms with Crippen molar-refractivity contribution in [2.45, 2.75) is 52.4 Å². The van der Waals surface area contributed by atoms with Crippen LogP contribution in [0.25, 0.3) is 0 Å². The van der Waals surface area contributed by atoms with Crippen LogP contribution in [-0.2, 0) is 30.8 Å². The molecule has 0 spiro atoms. The van der Waals surface area contributed by atoms with Crippen LogP contribution in [0.1, 0.15) is 58.4 Å². The van der Waals surface area contributed by atoms with Crippen molar-refractivity contribution < 1.29 is 59.4 Å². The fourth-order valence-electron chi connectivity index (χ4n) is 2.59. The Bertz CT molecular complexity index is 825. The molecule has 0 radical (unpaired) electrons. The molecule has 1 aromatic heterocycles. The van der Waals surface area contributed by atoms with Gasteiger partial charge < -0.3 is 35.0 Å². The van der Waals surface area contributed by atoms with Crippen molar-refractivity contribution in [2.75, 3.05) is 0 Å². The summed E-state index contributed by atoms with van der Waals surface area (Å²) in [4.78, 5) is 0. The van der Waals surface area contributed by atoms with Gasteiger partial charge in [-0.2, -0.15) is 0 Å². The van der Waals surface area contributed by atoms with Gasteiger partial charge in [-0.05, 0) is 34.1 Å². The Morgan fingerprint density at radius 2 is 1.06 bits per heavy atom. The maximum absolute atomic E-state index is 9.45. The molecule has 3 aromatic rings. The Labute approximate surface area is 210 Å². The van der Waals surface area contributed by atoms with E-state index in [0.717, 1.165) is 16.9 Å². The average molecular weight is 499 g/mol. The summed E-state index contributed by atoms with van der Waals surface area (Å²) in [5.74, 6) is 1.71. The normalized spacial score (nSPS) is 10.1. The zero-order valence-electron chi connectivity index (χ0n) is 19.0. The van der Waals surface area contributed by atoms with Crippen LogP contribution in [0.5, 0.6) is 11.5 Å². The Morgan fingerprint density at radius 3 is 1.26 bits per heavy atom. The van der Waals surface area contributed by atoms with Crippen molar-refractivity contribution >= 4 is 4.31 Å². The molecule has 31 heavy (non-hydrogen) atoms. The molecule has 0 amide bonds. The van der Waals surface area contributed by atoms with Gasteiger partial charge in [-0.1, -0.05) is 77.9 Å². The fraction of sp³-hybridized carbons (Fsp3) is 0.320. The molecule has 6 heteroatoms. The molecule has 0 fully saturated rings. The molecule has 170 valence electrons. The van der Waals surface area contributed by atoms with Gasteiger partial charge >= 0.3 is 52.9 Å². The Morgan fingerprint density at radius 1 is 0.677 bits per heavy atom.